The Morgan fingerprint density at radius 2 is 1.84 bits per heavy atom. The number of benzene rings is 1. The minimum absolute atomic E-state index is 0.158. The summed E-state index contributed by atoms with van der Waals surface area (Å²) in [5, 5.41) is 2.61. The van der Waals surface area contributed by atoms with Crippen molar-refractivity contribution in [3.63, 3.8) is 0 Å². The Labute approximate surface area is 109 Å². The number of carbonyl (C=O) groups excluding carboxylic acids is 1. The van der Waals surface area contributed by atoms with Crippen molar-refractivity contribution in [3.05, 3.63) is 29.8 Å². The van der Waals surface area contributed by atoms with Crippen LogP contribution in [0.2, 0.25) is 0 Å². The van der Waals surface area contributed by atoms with Crippen LogP contribution in [-0.4, -0.2) is 11.9 Å². The zero-order valence-electron chi connectivity index (χ0n) is 10.2. The summed E-state index contributed by atoms with van der Waals surface area (Å²) < 4.78 is 37.1. The lowest BCUT2D eigenvalue weighted by Gasteiger charge is -2.15. The Balaban J connectivity index is 2.02. The highest BCUT2D eigenvalue weighted by atomic mass is 19.4. The molecule has 0 aliphatic heterocycles. The topological polar surface area (TPSA) is 55.1 Å². The average molecular weight is 272 g/mol. The molecule has 0 aromatic heterocycles. The molecule has 3 nitrogen and oxygen atoms in total. The van der Waals surface area contributed by atoms with Crippen molar-refractivity contribution in [2.24, 2.45) is 11.7 Å². The number of hydrogen-bond donors (Lipinski definition) is 2. The van der Waals surface area contributed by atoms with Crippen LogP contribution in [0.25, 0.3) is 0 Å². The Kier molecular flexibility index (Phi) is 3.80. The van der Waals surface area contributed by atoms with Crippen molar-refractivity contribution in [1.82, 2.24) is 0 Å². The molecule has 1 aliphatic rings. The van der Waals surface area contributed by atoms with Gasteiger partial charge in [0.15, 0.2) is 0 Å². The van der Waals surface area contributed by atoms with Crippen LogP contribution in [0.4, 0.5) is 18.9 Å². The molecule has 6 heteroatoms. The molecule has 2 atom stereocenters. The highest BCUT2D eigenvalue weighted by Gasteiger charge is 2.31. The fourth-order valence-electron chi connectivity index (χ4n) is 2.29. The fourth-order valence-corrected chi connectivity index (χ4v) is 2.29. The number of anilines is 1. The number of rotatable bonds is 2. The summed E-state index contributed by atoms with van der Waals surface area (Å²) in [4.78, 5) is 11.9. The van der Waals surface area contributed by atoms with E-state index in [4.69, 9.17) is 5.73 Å². The van der Waals surface area contributed by atoms with Crippen LogP contribution < -0.4 is 11.1 Å². The van der Waals surface area contributed by atoms with E-state index in [-0.39, 0.29) is 17.9 Å². The Hall–Kier alpha value is -1.56. The number of nitrogens with one attached hydrogen (secondary N) is 1. The van der Waals surface area contributed by atoms with E-state index in [0.29, 0.717) is 5.69 Å². The largest absolute Gasteiger partial charge is 0.416 e. The molecule has 1 aromatic rings. The van der Waals surface area contributed by atoms with Gasteiger partial charge in [0.2, 0.25) is 5.91 Å². The number of carbonyl (C=O) groups is 1. The first-order chi connectivity index (χ1) is 8.88. The van der Waals surface area contributed by atoms with Crippen molar-refractivity contribution in [2.45, 2.75) is 31.5 Å². The normalized spacial score (nSPS) is 23.4. The first-order valence-electron chi connectivity index (χ1n) is 6.11. The van der Waals surface area contributed by atoms with Crippen LogP contribution in [0.1, 0.15) is 24.8 Å². The van der Waals surface area contributed by atoms with E-state index < -0.39 is 11.7 Å². The molecular weight excluding hydrogens is 257 g/mol. The number of halogens is 3. The van der Waals surface area contributed by atoms with Crippen LogP contribution in [-0.2, 0) is 11.0 Å². The lowest BCUT2D eigenvalue weighted by molar-refractivity contribution is -0.137. The molecule has 1 amide bonds. The molecule has 1 fully saturated rings. The lowest BCUT2D eigenvalue weighted by atomic mass is 10.0. The monoisotopic (exact) mass is 272 g/mol. The predicted molar refractivity (Wildman–Crippen MR) is 65.4 cm³/mol. The Bertz CT molecular complexity index is 456. The van der Waals surface area contributed by atoms with Gasteiger partial charge in [-0.3, -0.25) is 4.79 Å². The molecule has 104 valence electrons. The van der Waals surface area contributed by atoms with E-state index in [0.717, 1.165) is 31.4 Å². The van der Waals surface area contributed by atoms with Crippen LogP contribution in [0.15, 0.2) is 24.3 Å². The van der Waals surface area contributed by atoms with Gasteiger partial charge in [-0.1, -0.05) is 6.42 Å². The van der Waals surface area contributed by atoms with Crippen LogP contribution in [0.5, 0.6) is 0 Å². The van der Waals surface area contributed by atoms with E-state index in [1.807, 2.05) is 0 Å². The van der Waals surface area contributed by atoms with Gasteiger partial charge < -0.3 is 11.1 Å². The van der Waals surface area contributed by atoms with Gasteiger partial charge in [-0.25, -0.2) is 0 Å². The fraction of sp³-hybridized carbons (Fsp3) is 0.462. The first-order valence-corrected chi connectivity index (χ1v) is 6.11. The summed E-state index contributed by atoms with van der Waals surface area (Å²) in [6, 6.07) is 4.24. The van der Waals surface area contributed by atoms with E-state index in [2.05, 4.69) is 5.32 Å². The van der Waals surface area contributed by atoms with Gasteiger partial charge in [0.1, 0.15) is 0 Å². The molecule has 1 aliphatic carbocycles. The van der Waals surface area contributed by atoms with Gasteiger partial charge in [-0.2, -0.15) is 13.2 Å². The quantitative estimate of drug-likeness (QED) is 0.869. The molecule has 0 spiro atoms. The standard InChI is InChI=1S/C13H15F3N2O/c14-13(15,16)8-4-6-9(7-5-8)18-12(19)10-2-1-3-11(10)17/h4-7,10-11H,1-3,17H2,(H,18,19). The molecule has 0 heterocycles. The molecule has 3 N–H and O–H groups in total. The smallest absolute Gasteiger partial charge is 0.327 e. The van der Waals surface area contributed by atoms with Gasteiger partial charge in [-0.05, 0) is 37.1 Å². The number of amides is 1. The van der Waals surface area contributed by atoms with Gasteiger partial charge in [0, 0.05) is 11.7 Å². The molecule has 2 rings (SSSR count). The van der Waals surface area contributed by atoms with Crippen molar-refractivity contribution < 1.29 is 18.0 Å². The van der Waals surface area contributed by atoms with Gasteiger partial charge >= 0.3 is 6.18 Å². The van der Waals surface area contributed by atoms with E-state index in [1.54, 1.807) is 0 Å². The summed E-state index contributed by atoms with van der Waals surface area (Å²) >= 11 is 0. The second-order valence-corrected chi connectivity index (χ2v) is 4.77. The summed E-state index contributed by atoms with van der Waals surface area (Å²) in [5.41, 5.74) is 5.43. The number of hydrogen-bond acceptors (Lipinski definition) is 2. The maximum atomic E-state index is 12.4. The molecule has 1 saturated carbocycles. The van der Waals surface area contributed by atoms with Crippen LogP contribution >= 0.6 is 0 Å². The second kappa shape index (κ2) is 5.21. The van der Waals surface area contributed by atoms with E-state index in [1.165, 1.54) is 12.1 Å². The molecule has 0 radical (unpaired) electrons. The summed E-state index contributed by atoms with van der Waals surface area (Å²) in [6.07, 6.45) is -1.92. The van der Waals surface area contributed by atoms with Gasteiger partial charge in [0.05, 0.1) is 11.5 Å². The highest BCUT2D eigenvalue weighted by molar-refractivity contribution is 5.93. The Morgan fingerprint density at radius 3 is 2.32 bits per heavy atom. The van der Waals surface area contributed by atoms with Gasteiger partial charge in [0.25, 0.3) is 0 Å². The summed E-state index contributed by atoms with van der Waals surface area (Å²) in [6.45, 7) is 0. The second-order valence-electron chi connectivity index (χ2n) is 4.77. The van der Waals surface area contributed by atoms with E-state index in [9.17, 15) is 18.0 Å². The molecule has 19 heavy (non-hydrogen) atoms. The van der Waals surface area contributed by atoms with Crippen molar-refractivity contribution in [1.29, 1.82) is 0 Å². The maximum absolute atomic E-state index is 12.4. The first kappa shape index (κ1) is 13.9. The molecular formula is C13H15F3N2O. The SMILES string of the molecule is NC1CCCC1C(=O)Nc1ccc(C(F)(F)F)cc1. The minimum atomic E-state index is -4.36. The zero-order chi connectivity index (χ0) is 14.0. The molecule has 2 unspecified atom stereocenters. The third-order valence-electron chi connectivity index (χ3n) is 3.39. The third kappa shape index (κ3) is 3.26. The molecule has 1 aromatic carbocycles. The summed E-state index contributed by atoms with van der Waals surface area (Å²) in [7, 11) is 0. The van der Waals surface area contributed by atoms with Gasteiger partial charge in [-0.15, -0.1) is 0 Å². The minimum Gasteiger partial charge on any atom is -0.327 e. The van der Waals surface area contributed by atoms with Crippen molar-refractivity contribution >= 4 is 11.6 Å². The van der Waals surface area contributed by atoms with Crippen LogP contribution in [0.3, 0.4) is 0 Å². The number of nitrogens with two attached hydrogens (primary N) is 1. The number of alkyl halides is 3. The predicted octanol–water partition coefficient (Wildman–Crippen LogP) is 2.77. The average Bonchev–Trinajstić information content (AvgIpc) is 2.75. The molecule has 0 bridgehead atoms. The zero-order valence-corrected chi connectivity index (χ0v) is 10.2. The summed E-state index contributed by atoms with van der Waals surface area (Å²) in [5.74, 6) is -0.466. The van der Waals surface area contributed by atoms with Crippen molar-refractivity contribution in [2.75, 3.05) is 5.32 Å². The van der Waals surface area contributed by atoms with Crippen molar-refractivity contribution in [3.8, 4) is 0 Å². The lowest BCUT2D eigenvalue weighted by Crippen LogP contribution is -2.34. The van der Waals surface area contributed by atoms with E-state index >= 15 is 0 Å². The van der Waals surface area contributed by atoms with Crippen LogP contribution in [0, 0.1) is 5.92 Å². The maximum Gasteiger partial charge on any atom is 0.416 e. The highest BCUT2D eigenvalue weighted by Crippen LogP contribution is 2.30. The third-order valence-corrected chi connectivity index (χ3v) is 3.39. The molecule has 0 saturated heterocycles. The Morgan fingerprint density at radius 1 is 1.21 bits per heavy atom.